The Morgan fingerprint density at radius 3 is 2.38 bits per heavy atom. The number of aromatic nitrogens is 5. The lowest BCUT2D eigenvalue weighted by Gasteiger charge is -2.37. The number of likely N-dealkylation sites (N-methyl/N-ethyl adjacent to an activating group) is 1. The van der Waals surface area contributed by atoms with Gasteiger partial charge < -0.3 is 19.1 Å². The van der Waals surface area contributed by atoms with Gasteiger partial charge in [-0.25, -0.2) is 4.79 Å². The average Bonchev–Trinajstić information content (AvgIpc) is 4.00. The number of piperidine rings is 1. The molecule has 17 heteroatoms. The van der Waals surface area contributed by atoms with Gasteiger partial charge in [-0.05, 0) is 104 Å². The van der Waals surface area contributed by atoms with Crippen molar-refractivity contribution >= 4 is 17.7 Å². The van der Waals surface area contributed by atoms with E-state index in [1.807, 2.05) is 31.1 Å². The number of nitrogens with zero attached hydrogens (tertiary/aromatic N) is 10. The third-order valence-corrected chi connectivity index (χ3v) is 13.6. The van der Waals surface area contributed by atoms with E-state index in [9.17, 15) is 27.6 Å². The zero-order chi connectivity index (χ0) is 48.7. The standard InChI is InChI=1S/C52H63F3N10O4/c1-38(29-58(2)49-17-18-50(67)60(49)4)25-44(11-5-6-24-66)63-22-20-61(21-23-63)30-39-13-15-40(16-14-39)35-69-36-42-10-8-19-62(31-42)32-43-27-46(52(53,54)55)47-34-64(51(68)65(47)33-43)45-12-7-9-41(26-45)28-48-57-56-37-59(48)3/h5-7,9,11-16,24-27,33-34,37,42,49H,8,10,17-23,28-32,35-36H2,1-4H3/b6-5+,38-25+,44-11+. The predicted molar refractivity (Wildman–Crippen MR) is 258 cm³/mol. The molecule has 366 valence electrons. The number of allylic oxidation sites excluding steroid dienone is 4. The normalized spacial score (nSPS) is 19.3. The van der Waals surface area contributed by atoms with Crippen molar-refractivity contribution in [2.45, 2.75) is 71.1 Å². The first-order valence-corrected chi connectivity index (χ1v) is 23.8. The van der Waals surface area contributed by atoms with E-state index in [0.717, 1.165) is 98.4 Å². The topological polar surface area (TPSA) is 117 Å². The summed E-state index contributed by atoms with van der Waals surface area (Å²) >= 11 is 0. The number of hydrogen-bond donors (Lipinski definition) is 0. The number of fused-ring (bicyclic) bond motifs is 1. The molecular weight excluding hydrogens is 886 g/mol. The van der Waals surface area contributed by atoms with Crippen molar-refractivity contribution in [2.75, 3.05) is 66.5 Å². The van der Waals surface area contributed by atoms with Crippen molar-refractivity contribution in [1.82, 2.24) is 48.2 Å². The van der Waals surface area contributed by atoms with Crippen LogP contribution in [-0.2, 0) is 53.7 Å². The number of imidazole rings is 1. The van der Waals surface area contributed by atoms with Crippen LogP contribution in [0, 0.1) is 5.92 Å². The highest BCUT2D eigenvalue weighted by molar-refractivity contribution is 5.78. The number of amides is 1. The van der Waals surface area contributed by atoms with E-state index in [2.05, 4.69) is 74.1 Å². The molecule has 3 fully saturated rings. The van der Waals surface area contributed by atoms with Gasteiger partial charge in [0.1, 0.15) is 18.4 Å². The SMILES string of the molecule is C\C(=C/C(=C\C=C\C=O)N1CCN(Cc2ccc(COCC3CCCN(Cc4cc(C(F)(F)F)c5cn(-c6cccc(Cc7nncn7C)c6)c(=O)n5c4)C3)cc2)CC1)CN(C)C1CCC(=O)N1C. The number of aldehydes is 1. The van der Waals surface area contributed by atoms with E-state index < -0.39 is 17.4 Å². The third kappa shape index (κ3) is 12.4. The smallest absolute Gasteiger partial charge is 0.376 e. The second-order valence-corrected chi connectivity index (χ2v) is 18.9. The van der Waals surface area contributed by atoms with Crippen molar-refractivity contribution in [3.8, 4) is 5.69 Å². The number of alkyl halides is 3. The maximum absolute atomic E-state index is 14.6. The minimum absolute atomic E-state index is 0.0997. The molecule has 69 heavy (non-hydrogen) atoms. The van der Waals surface area contributed by atoms with E-state index in [-0.39, 0.29) is 30.1 Å². The van der Waals surface area contributed by atoms with Gasteiger partial charge >= 0.3 is 11.9 Å². The molecule has 0 bridgehead atoms. The number of halogens is 3. The zero-order valence-corrected chi connectivity index (χ0v) is 40.0. The van der Waals surface area contributed by atoms with Gasteiger partial charge in [-0.3, -0.25) is 33.3 Å². The second kappa shape index (κ2) is 22.1. The van der Waals surface area contributed by atoms with Crippen LogP contribution in [-0.4, -0.2) is 133 Å². The first kappa shape index (κ1) is 49.3. The molecule has 8 rings (SSSR count). The number of pyridine rings is 1. The van der Waals surface area contributed by atoms with Crippen LogP contribution in [0.15, 0.2) is 114 Å². The summed E-state index contributed by atoms with van der Waals surface area (Å²) < 4.78 is 54.2. The predicted octanol–water partition coefficient (Wildman–Crippen LogP) is 6.47. The Morgan fingerprint density at radius 1 is 0.899 bits per heavy atom. The number of piperazine rings is 1. The molecule has 3 saturated heterocycles. The van der Waals surface area contributed by atoms with Crippen LogP contribution >= 0.6 is 0 Å². The molecule has 3 aliphatic heterocycles. The summed E-state index contributed by atoms with van der Waals surface area (Å²) in [7, 11) is 5.76. The van der Waals surface area contributed by atoms with Crippen molar-refractivity contribution in [1.29, 1.82) is 0 Å². The van der Waals surface area contributed by atoms with Crippen molar-refractivity contribution in [3.63, 3.8) is 0 Å². The molecule has 3 aromatic heterocycles. The Balaban J connectivity index is 0.818. The van der Waals surface area contributed by atoms with Gasteiger partial charge in [0, 0.05) is 97.4 Å². The molecule has 0 radical (unpaired) electrons. The Hall–Kier alpha value is -6.14. The van der Waals surface area contributed by atoms with Gasteiger partial charge in [-0.2, -0.15) is 13.2 Å². The van der Waals surface area contributed by atoms with Crippen molar-refractivity contribution in [2.24, 2.45) is 13.0 Å². The number of benzene rings is 2. The highest BCUT2D eigenvalue weighted by Crippen LogP contribution is 2.34. The molecule has 2 unspecified atom stereocenters. The zero-order valence-electron chi connectivity index (χ0n) is 40.0. The Bertz CT molecular complexity index is 2730. The van der Waals surface area contributed by atoms with E-state index in [1.54, 1.807) is 41.4 Å². The number of carbonyl (C=O) groups is 2. The molecule has 0 saturated carbocycles. The second-order valence-electron chi connectivity index (χ2n) is 18.9. The molecule has 0 aliphatic carbocycles. The van der Waals surface area contributed by atoms with Crippen LogP contribution in [0.2, 0.25) is 0 Å². The number of hydrogen-bond acceptors (Lipinski definition) is 10. The molecule has 2 aromatic carbocycles. The van der Waals surface area contributed by atoms with Crippen molar-refractivity contribution in [3.05, 3.63) is 153 Å². The lowest BCUT2D eigenvalue weighted by molar-refractivity contribution is -0.136. The van der Waals surface area contributed by atoms with Gasteiger partial charge in [0.05, 0.1) is 36.1 Å². The van der Waals surface area contributed by atoms with Gasteiger partial charge in [0.15, 0.2) is 0 Å². The number of aryl methyl sites for hydroxylation is 1. The van der Waals surface area contributed by atoms with E-state index in [1.165, 1.54) is 34.0 Å². The van der Waals surface area contributed by atoms with Gasteiger partial charge in [0.2, 0.25) is 5.91 Å². The Labute approximate surface area is 401 Å². The first-order valence-electron chi connectivity index (χ1n) is 23.8. The fourth-order valence-electron chi connectivity index (χ4n) is 9.95. The molecule has 5 aromatic rings. The molecule has 1 amide bonds. The molecule has 6 heterocycles. The third-order valence-electron chi connectivity index (χ3n) is 13.6. The quantitative estimate of drug-likeness (QED) is 0.0550. The minimum atomic E-state index is -4.66. The number of likely N-dealkylation sites (tertiary alicyclic amines) is 2. The van der Waals surface area contributed by atoms with E-state index >= 15 is 0 Å². The van der Waals surface area contributed by atoms with E-state index in [0.29, 0.717) is 43.9 Å². The summed E-state index contributed by atoms with van der Waals surface area (Å²) in [6, 6.07) is 16.9. The number of rotatable bonds is 18. The highest BCUT2D eigenvalue weighted by atomic mass is 19.4. The average molecular weight is 949 g/mol. The monoisotopic (exact) mass is 948 g/mol. The molecule has 14 nitrogen and oxygen atoms in total. The maximum Gasteiger partial charge on any atom is 0.418 e. The molecule has 0 N–H and O–H groups in total. The Morgan fingerprint density at radius 2 is 1.67 bits per heavy atom. The summed E-state index contributed by atoms with van der Waals surface area (Å²) in [6.45, 7) is 9.89. The summed E-state index contributed by atoms with van der Waals surface area (Å²) in [5.41, 5.74) is 4.69. The fourth-order valence-corrected chi connectivity index (χ4v) is 9.95. The first-order chi connectivity index (χ1) is 33.2. The van der Waals surface area contributed by atoms with Gasteiger partial charge in [-0.1, -0.05) is 48.0 Å². The van der Waals surface area contributed by atoms with Gasteiger partial charge in [-0.15, -0.1) is 10.2 Å². The summed E-state index contributed by atoms with van der Waals surface area (Å²) in [6.07, 6.45) is 11.9. The summed E-state index contributed by atoms with van der Waals surface area (Å²) in [5.74, 6) is 1.13. The maximum atomic E-state index is 14.6. The minimum Gasteiger partial charge on any atom is -0.376 e. The van der Waals surface area contributed by atoms with Gasteiger partial charge in [0.25, 0.3) is 0 Å². The fraction of sp³-hybridized carbons (Fsp3) is 0.442. The molecule has 2 atom stereocenters. The lowest BCUT2D eigenvalue weighted by atomic mass is 9.98. The van der Waals surface area contributed by atoms with Crippen LogP contribution < -0.4 is 5.69 Å². The van der Waals surface area contributed by atoms with E-state index in [4.69, 9.17) is 4.74 Å². The van der Waals surface area contributed by atoms with Crippen molar-refractivity contribution < 1.29 is 27.5 Å². The molecule has 3 aliphatic rings. The van der Waals surface area contributed by atoms with Crippen LogP contribution in [0.3, 0.4) is 0 Å². The lowest BCUT2D eigenvalue weighted by Crippen LogP contribution is -2.45. The summed E-state index contributed by atoms with van der Waals surface area (Å²) in [4.78, 5) is 47.9. The Kier molecular flexibility index (Phi) is 15.8. The largest absolute Gasteiger partial charge is 0.418 e. The number of carbonyl (C=O) groups excluding carboxylic acids is 2. The van der Waals surface area contributed by atoms with Crippen LogP contribution in [0.1, 0.15) is 66.2 Å². The van der Waals surface area contributed by atoms with Crippen LogP contribution in [0.25, 0.3) is 11.2 Å². The highest BCUT2D eigenvalue weighted by Gasteiger charge is 2.35. The molecule has 0 spiro atoms. The van der Waals surface area contributed by atoms with Crippen LogP contribution in [0.4, 0.5) is 13.2 Å². The number of ether oxygens (including phenoxy) is 1. The van der Waals surface area contributed by atoms with Crippen LogP contribution in [0.5, 0.6) is 0 Å². The molecular formula is C52H63F3N10O4. The summed E-state index contributed by atoms with van der Waals surface area (Å²) in [5, 5.41) is 8.05.